The first-order valence-corrected chi connectivity index (χ1v) is 13.3. The first-order chi connectivity index (χ1) is 15.8. The first kappa shape index (κ1) is 23.5. The van der Waals surface area contributed by atoms with Gasteiger partial charge in [0.2, 0.25) is 15.9 Å². The van der Waals surface area contributed by atoms with Gasteiger partial charge in [0.25, 0.3) is 0 Å². The quantitative estimate of drug-likeness (QED) is 0.503. The maximum Gasteiger partial charge on any atom is 0.247 e. The Labute approximate surface area is 197 Å². The highest BCUT2D eigenvalue weighted by atomic mass is 32.2. The number of amides is 1. The van der Waals surface area contributed by atoms with Gasteiger partial charge in [-0.25, -0.2) is 13.4 Å². The molecule has 3 aromatic rings. The molecule has 8 nitrogen and oxygen atoms in total. The molecule has 1 amide bonds. The molecule has 4 rings (SSSR count). The predicted molar refractivity (Wildman–Crippen MR) is 130 cm³/mol. The number of aromatic nitrogens is 1. The van der Waals surface area contributed by atoms with Crippen molar-refractivity contribution in [2.45, 2.75) is 31.8 Å². The van der Waals surface area contributed by atoms with Crippen LogP contribution >= 0.6 is 11.3 Å². The van der Waals surface area contributed by atoms with Crippen molar-refractivity contribution in [3.63, 3.8) is 0 Å². The normalized spacial score (nSPS) is 17.1. The molecule has 1 saturated heterocycles. The van der Waals surface area contributed by atoms with E-state index in [0.717, 1.165) is 29.4 Å². The van der Waals surface area contributed by atoms with Crippen LogP contribution in [0.1, 0.15) is 24.8 Å². The number of sulfonamides is 1. The molecule has 1 aliphatic rings. The summed E-state index contributed by atoms with van der Waals surface area (Å²) in [5.74, 6) is 0.939. The van der Waals surface area contributed by atoms with E-state index in [2.05, 4.69) is 0 Å². The number of carbonyl (C=O) groups excluding carboxylic acids is 1. The zero-order valence-corrected chi connectivity index (χ0v) is 20.5. The van der Waals surface area contributed by atoms with E-state index in [9.17, 15) is 13.2 Å². The molecule has 1 atom stereocenters. The van der Waals surface area contributed by atoms with Gasteiger partial charge < -0.3 is 9.47 Å². The van der Waals surface area contributed by atoms with E-state index in [1.807, 2.05) is 30.3 Å². The number of hydrogen-bond donors (Lipinski definition) is 0. The average molecular weight is 490 g/mol. The van der Waals surface area contributed by atoms with Crippen LogP contribution in [0.15, 0.2) is 42.5 Å². The molecule has 1 aliphatic heterocycles. The van der Waals surface area contributed by atoms with Gasteiger partial charge in [0.15, 0.2) is 5.13 Å². The second-order valence-electron chi connectivity index (χ2n) is 7.94. The zero-order valence-electron chi connectivity index (χ0n) is 18.9. The summed E-state index contributed by atoms with van der Waals surface area (Å²) >= 11 is 1.33. The van der Waals surface area contributed by atoms with Crippen molar-refractivity contribution in [2.75, 3.05) is 31.9 Å². The van der Waals surface area contributed by atoms with Crippen LogP contribution in [0.25, 0.3) is 10.2 Å². The van der Waals surface area contributed by atoms with Crippen molar-refractivity contribution >= 4 is 42.6 Å². The Bertz CT molecular complexity index is 1200. The molecule has 0 bridgehead atoms. The molecule has 0 spiro atoms. The number of methoxy groups -OCH3 is 2. The lowest BCUT2D eigenvalue weighted by Crippen LogP contribution is -2.52. The highest BCUT2D eigenvalue weighted by Crippen LogP contribution is 2.41. The van der Waals surface area contributed by atoms with Gasteiger partial charge in [-0.15, -0.1) is 0 Å². The smallest absolute Gasteiger partial charge is 0.247 e. The molecule has 0 N–H and O–H groups in total. The first-order valence-electron chi connectivity index (χ1n) is 10.7. The predicted octanol–water partition coefficient (Wildman–Crippen LogP) is 3.66. The van der Waals surface area contributed by atoms with Gasteiger partial charge in [-0.05, 0) is 30.5 Å². The number of carbonyl (C=O) groups is 1. The Morgan fingerprint density at radius 1 is 1.12 bits per heavy atom. The van der Waals surface area contributed by atoms with Gasteiger partial charge in [-0.1, -0.05) is 48.1 Å². The average Bonchev–Trinajstić information content (AvgIpc) is 3.27. The van der Waals surface area contributed by atoms with Crippen molar-refractivity contribution < 1.29 is 22.7 Å². The van der Waals surface area contributed by atoms with Crippen LogP contribution in [0, 0.1) is 0 Å². The number of ether oxygens (including phenoxy) is 2. The van der Waals surface area contributed by atoms with E-state index < -0.39 is 16.1 Å². The standard InChI is InChI=1S/C23H27N3O5S2/c1-30-18-12-13-19(31-2)21-20(18)24-23(32-21)25(15-16-9-5-4-6-10-16)22(27)17-11-7-8-14-26(17)33(3,28)29/h4-6,9-10,12-13,17H,7-8,11,14-15H2,1-3H3. The Kier molecular flexibility index (Phi) is 6.87. The lowest BCUT2D eigenvalue weighted by molar-refractivity contribution is -0.123. The largest absolute Gasteiger partial charge is 0.495 e. The Morgan fingerprint density at radius 2 is 1.82 bits per heavy atom. The summed E-state index contributed by atoms with van der Waals surface area (Å²) in [6.07, 6.45) is 3.18. The SMILES string of the molecule is COc1ccc(OC)c2sc(N(Cc3ccccc3)C(=O)C3CCCCN3S(C)(=O)=O)nc12. The minimum Gasteiger partial charge on any atom is -0.495 e. The molecular weight excluding hydrogens is 462 g/mol. The molecule has 0 radical (unpaired) electrons. The third-order valence-corrected chi connectivity index (χ3v) is 8.13. The Hall–Kier alpha value is -2.69. The van der Waals surface area contributed by atoms with Crippen molar-refractivity contribution in [3.8, 4) is 11.5 Å². The van der Waals surface area contributed by atoms with Crippen LogP contribution in [0.5, 0.6) is 11.5 Å². The van der Waals surface area contributed by atoms with Crippen LogP contribution < -0.4 is 14.4 Å². The van der Waals surface area contributed by atoms with E-state index in [0.29, 0.717) is 35.1 Å². The third kappa shape index (κ3) is 4.83. The number of hydrogen-bond acceptors (Lipinski definition) is 7. The number of benzene rings is 2. The van der Waals surface area contributed by atoms with Crippen LogP contribution in [-0.2, 0) is 21.4 Å². The van der Waals surface area contributed by atoms with Gasteiger partial charge >= 0.3 is 0 Å². The number of anilines is 1. The third-order valence-electron chi connectivity index (χ3n) is 5.74. The maximum atomic E-state index is 13.9. The highest BCUT2D eigenvalue weighted by Gasteiger charge is 2.38. The van der Waals surface area contributed by atoms with Crippen LogP contribution in [0.4, 0.5) is 5.13 Å². The molecular formula is C23H27N3O5S2. The van der Waals surface area contributed by atoms with Crippen molar-refractivity contribution in [2.24, 2.45) is 0 Å². The molecule has 10 heteroatoms. The monoisotopic (exact) mass is 489 g/mol. The lowest BCUT2D eigenvalue weighted by Gasteiger charge is -2.35. The van der Waals surface area contributed by atoms with Gasteiger partial charge in [0.1, 0.15) is 27.8 Å². The number of nitrogens with zero attached hydrogens (tertiary/aromatic N) is 3. The number of fused-ring (bicyclic) bond motifs is 1. The van der Waals surface area contributed by atoms with Crippen molar-refractivity contribution in [3.05, 3.63) is 48.0 Å². The summed E-state index contributed by atoms with van der Waals surface area (Å²) in [4.78, 5) is 20.2. The second-order valence-corrected chi connectivity index (χ2v) is 10.9. The summed E-state index contributed by atoms with van der Waals surface area (Å²) in [6.45, 7) is 0.619. The fraction of sp³-hybridized carbons (Fsp3) is 0.391. The minimum atomic E-state index is -3.53. The molecule has 0 aliphatic carbocycles. The van der Waals surface area contributed by atoms with Gasteiger partial charge in [0.05, 0.1) is 27.0 Å². The highest BCUT2D eigenvalue weighted by molar-refractivity contribution is 7.88. The maximum absolute atomic E-state index is 13.9. The second kappa shape index (κ2) is 9.66. The van der Waals surface area contributed by atoms with Gasteiger partial charge in [-0.2, -0.15) is 4.31 Å². The molecule has 0 saturated carbocycles. The summed E-state index contributed by atoms with van der Waals surface area (Å²) in [7, 11) is -0.374. The van der Waals surface area contributed by atoms with Crippen molar-refractivity contribution in [1.29, 1.82) is 0 Å². The molecule has 176 valence electrons. The minimum absolute atomic E-state index is 0.276. The van der Waals surface area contributed by atoms with Crippen LogP contribution in [0.2, 0.25) is 0 Å². The Morgan fingerprint density at radius 3 is 2.48 bits per heavy atom. The van der Waals surface area contributed by atoms with Gasteiger partial charge in [0, 0.05) is 6.54 Å². The Balaban J connectivity index is 1.81. The lowest BCUT2D eigenvalue weighted by atomic mass is 10.0. The topological polar surface area (TPSA) is 89.0 Å². The van der Waals surface area contributed by atoms with Gasteiger partial charge in [-0.3, -0.25) is 9.69 Å². The van der Waals surface area contributed by atoms with E-state index in [-0.39, 0.29) is 12.5 Å². The summed E-state index contributed by atoms with van der Waals surface area (Å²) < 4.78 is 37.9. The molecule has 1 fully saturated rings. The zero-order chi connectivity index (χ0) is 23.6. The summed E-state index contributed by atoms with van der Waals surface area (Å²) in [5.41, 5.74) is 1.53. The number of piperidine rings is 1. The van der Waals surface area contributed by atoms with E-state index in [1.54, 1.807) is 31.3 Å². The van der Waals surface area contributed by atoms with Crippen LogP contribution in [0.3, 0.4) is 0 Å². The van der Waals surface area contributed by atoms with E-state index in [4.69, 9.17) is 14.5 Å². The number of thiazole rings is 1. The van der Waals surface area contributed by atoms with Crippen molar-refractivity contribution in [1.82, 2.24) is 9.29 Å². The molecule has 33 heavy (non-hydrogen) atoms. The summed E-state index contributed by atoms with van der Waals surface area (Å²) in [5, 5.41) is 0.473. The number of rotatable bonds is 7. The van der Waals surface area contributed by atoms with E-state index >= 15 is 0 Å². The fourth-order valence-corrected chi connectivity index (χ4v) is 6.32. The molecule has 1 unspecified atom stereocenters. The summed E-state index contributed by atoms with van der Waals surface area (Å²) in [6, 6.07) is 12.4. The fourth-order valence-electron chi connectivity index (χ4n) is 4.12. The molecule has 2 aromatic carbocycles. The van der Waals surface area contributed by atoms with Crippen LogP contribution in [-0.4, -0.2) is 56.7 Å². The molecule has 2 heterocycles. The van der Waals surface area contributed by atoms with E-state index in [1.165, 1.54) is 15.6 Å². The molecule has 1 aromatic heterocycles.